The van der Waals surface area contributed by atoms with Crippen LogP contribution in [0.5, 0.6) is 0 Å². The molecule has 0 saturated carbocycles. The van der Waals surface area contributed by atoms with Gasteiger partial charge in [-0.15, -0.1) is 0 Å². The van der Waals surface area contributed by atoms with E-state index in [1.165, 1.54) is 0 Å². The molecule has 0 aliphatic carbocycles. The SMILES string of the molecule is CC(C)(C)[Si](OC[C@@H]1O[C@@H]2CCCO[C@@H]2C[C@H]1OS(=O)(=O)C(F)(F)F)(c1ccccc1)c1ccccc1. The summed E-state index contributed by atoms with van der Waals surface area (Å²) in [6.45, 7) is 6.54. The number of hydrogen-bond acceptors (Lipinski definition) is 6. The molecule has 11 heteroatoms. The molecular formula is C26H33F3O6SSi. The zero-order chi connectivity index (χ0) is 26.9. The first-order chi connectivity index (χ1) is 17.4. The third-order valence-corrected chi connectivity index (χ3v) is 13.1. The molecule has 2 aromatic rings. The van der Waals surface area contributed by atoms with E-state index < -0.39 is 42.3 Å². The Hall–Kier alpha value is -1.76. The minimum atomic E-state index is -5.83. The van der Waals surface area contributed by atoms with Crippen LogP contribution in [0.1, 0.15) is 40.0 Å². The maximum Gasteiger partial charge on any atom is 0.523 e. The molecule has 2 aliphatic rings. The van der Waals surface area contributed by atoms with Crippen LogP contribution < -0.4 is 10.4 Å². The van der Waals surface area contributed by atoms with Crippen LogP contribution in [0.3, 0.4) is 0 Å². The van der Waals surface area contributed by atoms with Gasteiger partial charge in [-0.1, -0.05) is 81.4 Å². The van der Waals surface area contributed by atoms with Gasteiger partial charge in [0.2, 0.25) is 0 Å². The summed E-state index contributed by atoms with van der Waals surface area (Å²) in [5.41, 5.74) is -5.54. The molecule has 0 bridgehead atoms. The zero-order valence-electron chi connectivity index (χ0n) is 21.1. The number of hydrogen-bond donors (Lipinski definition) is 0. The van der Waals surface area contributed by atoms with Crippen LogP contribution in [0.25, 0.3) is 0 Å². The molecule has 2 aliphatic heterocycles. The third kappa shape index (κ3) is 5.81. The molecule has 37 heavy (non-hydrogen) atoms. The van der Waals surface area contributed by atoms with Crippen molar-refractivity contribution in [3.05, 3.63) is 60.7 Å². The quantitative estimate of drug-likeness (QED) is 0.289. The Morgan fingerprint density at radius 3 is 2.03 bits per heavy atom. The summed E-state index contributed by atoms with van der Waals surface area (Å²) in [7, 11) is -8.87. The van der Waals surface area contributed by atoms with E-state index in [9.17, 15) is 21.6 Å². The molecule has 0 spiro atoms. The van der Waals surface area contributed by atoms with Crippen molar-refractivity contribution in [2.75, 3.05) is 13.2 Å². The summed E-state index contributed by atoms with van der Waals surface area (Å²) < 4.78 is 87.0. The minimum Gasteiger partial charge on any atom is -0.405 e. The van der Waals surface area contributed by atoms with Crippen LogP contribution in [0.2, 0.25) is 5.04 Å². The number of fused-ring (bicyclic) bond motifs is 1. The summed E-state index contributed by atoms with van der Waals surface area (Å²) in [6.07, 6.45) is -1.95. The molecule has 204 valence electrons. The molecule has 0 unspecified atom stereocenters. The fourth-order valence-corrected chi connectivity index (χ4v) is 10.5. The molecule has 2 heterocycles. The second kappa shape index (κ2) is 10.8. The first-order valence-electron chi connectivity index (χ1n) is 12.4. The number of rotatable bonds is 7. The Morgan fingerprint density at radius 1 is 0.946 bits per heavy atom. The monoisotopic (exact) mass is 558 g/mol. The summed E-state index contributed by atoms with van der Waals surface area (Å²) >= 11 is 0. The number of ether oxygens (including phenoxy) is 2. The maximum atomic E-state index is 13.2. The van der Waals surface area contributed by atoms with Crippen molar-refractivity contribution in [3.63, 3.8) is 0 Å². The summed E-state index contributed by atoms with van der Waals surface area (Å²) in [5.74, 6) is 0. The first kappa shape index (κ1) is 28.3. The molecule has 4 atom stereocenters. The van der Waals surface area contributed by atoms with Gasteiger partial charge < -0.3 is 13.9 Å². The van der Waals surface area contributed by atoms with Crippen LogP contribution in [0.15, 0.2) is 60.7 Å². The Morgan fingerprint density at radius 2 is 1.51 bits per heavy atom. The molecule has 2 fully saturated rings. The fraction of sp³-hybridized carbons (Fsp3) is 0.538. The van der Waals surface area contributed by atoms with Crippen molar-refractivity contribution >= 4 is 28.8 Å². The predicted molar refractivity (Wildman–Crippen MR) is 136 cm³/mol. The molecular weight excluding hydrogens is 525 g/mol. The Balaban J connectivity index is 1.70. The van der Waals surface area contributed by atoms with Crippen molar-refractivity contribution in [1.82, 2.24) is 0 Å². The van der Waals surface area contributed by atoms with Crippen LogP contribution >= 0.6 is 0 Å². The van der Waals surface area contributed by atoms with Gasteiger partial charge in [0.15, 0.2) is 0 Å². The van der Waals surface area contributed by atoms with Gasteiger partial charge in [-0.25, -0.2) is 0 Å². The van der Waals surface area contributed by atoms with Crippen molar-refractivity contribution in [2.45, 2.75) is 75.0 Å². The lowest BCUT2D eigenvalue weighted by Crippen LogP contribution is -2.67. The van der Waals surface area contributed by atoms with Crippen molar-refractivity contribution < 1.29 is 39.7 Å². The van der Waals surface area contributed by atoms with Gasteiger partial charge in [0.1, 0.15) is 12.2 Å². The number of halogens is 3. The van der Waals surface area contributed by atoms with Gasteiger partial charge in [-0.2, -0.15) is 21.6 Å². The van der Waals surface area contributed by atoms with E-state index in [4.69, 9.17) is 18.1 Å². The highest BCUT2D eigenvalue weighted by Crippen LogP contribution is 2.39. The number of alkyl halides is 3. The summed E-state index contributed by atoms with van der Waals surface area (Å²) in [5, 5.41) is 1.60. The molecule has 2 saturated heterocycles. The van der Waals surface area contributed by atoms with Crippen LogP contribution in [-0.4, -0.2) is 59.9 Å². The van der Waals surface area contributed by atoms with E-state index in [1.54, 1.807) is 0 Å². The van der Waals surface area contributed by atoms with E-state index in [0.29, 0.717) is 13.0 Å². The lowest BCUT2D eigenvalue weighted by molar-refractivity contribution is -0.204. The predicted octanol–water partition coefficient (Wildman–Crippen LogP) is 4.13. The van der Waals surface area contributed by atoms with Crippen molar-refractivity contribution in [3.8, 4) is 0 Å². The molecule has 2 aromatic carbocycles. The Labute approximate surface area is 217 Å². The van der Waals surface area contributed by atoms with Gasteiger partial charge in [-0.3, -0.25) is 4.18 Å². The lowest BCUT2D eigenvalue weighted by atomic mass is 9.94. The highest BCUT2D eigenvalue weighted by molar-refractivity contribution is 7.87. The largest absolute Gasteiger partial charge is 0.523 e. The standard InChI is InChI=1S/C26H33F3O6SSi/c1-25(2,3)37(19-11-6-4-7-12-19,20-13-8-5-9-14-20)33-18-24-23(35-36(30,31)26(27,28)29)17-22-21(34-24)15-10-16-32-22/h4-9,11-14,21-24H,10,15-18H2,1-3H3/t21-,22-,23-,24+/m1/s1. The second-order valence-corrected chi connectivity index (χ2v) is 16.4. The fourth-order valence-electron chi connectivity index (χ4n) is 5.31. The zero-order valence-corrected chi connectivity index (χ0v) is 22.9. The lowest BCUT2D eigenvalue weighted by Gasteiger charge is -2.46. The Kier molecular flexibility index (Phi) is 8.23. The average molecular weight is 559 g/mol. The van der Waals surface area contributed by atoms with Crippen LogP contribution in [0, 0.1) is 0 Å². The van der Waals surface area contributed by atoms with Gasteiger partial charge in [0.05, 0.1) is 18.8 Å². The van der Waals surface area contributed by atoms with Gasteiger partial charge >= 0.3 is 15.6 Å². The van der Waals surface area contributed by atoms with E-state index in [-0.39, 0.29) is 24.2 Å². The third-order valence-electron chi connectivity index (χ3n) is 7.02. The molecule has 0 radical (unpaired) electrons. The highest BCUT2D eigenvalue weighted by Gasteiger charge is 2.54. The molecule has 6 nitrogen and oxygen atoms in total. The summed E-state index contributed by atoms with van der Waals surface area (Å²) in [6, 6.07) is 19.5. The van der Waals surface area contributed by atoms with Gasteiger partial charge in [-0.05, 0) is 28.3 Å². The average Bonchev–Trinajstić information content (AvgIpc) is 2.84. The molecule has 0 aromatic heterocycles. The van der Waals surface area contributed by atoms with E-state index in [0.717, 1.165) is 16.8 Å². The molecule has 0 amide bonds. The summed E-state index contributed by atoms with van der Waals surface area (Å²) in [4.78, 5) is 0. The minimum absolute atomic E-state index is 0.0330. The van der Waals surface area contributed by atoms with Crippen LogP contribution in [0.4, 0.5) is 13.2 Å². The maximum absolute atomic E-state index is 13.2. The normalized spacial score (nSPS) is 25.5. The topological polar surface area (TPSA) is 71.1 Å². The van der Waals surface area contributed by atoms with E-state index >= 15 is 0 Å². The van der Waals surface area contributed by atoms with Gasteiger partial charge in [0.25, 0.3) is 8.32 Å². The highest BCUT2D eigenvalue weighted by atomic mass is 32.2. The van der Waals surface area contributed by atoms with Crippen molar-refractivity contribution in [1.29, 1.82) is 0 Å². The molecule has 4 rings (SSSR count). The van der Waals surface area contributed by atoms with Crippen LogP contribution in [-0.2, 0) is 28.2 Å². The number of benzene rings is 2. The van der Waals surface area contributed by atoms with E-state index in [2.05, 4.69) is 20.8 Å². The Bertz CT molecular complexity index is 1100. The van der Waals surface area contributed by atoms with Crippen molar-refractivity contribution in [2.24, 2.45) is 0 Å². The van der Waals surface area contributed by atoms with Gasteiger partial charge in [0, 0.05) is 13.0 Å². The molecule has 0 N–H and O–H groups in total. The second-order valence-electron chi connectivity index (χ2n) is 10.5. The first-order valence-corrected chi connectivity index (χ1v) is 15.7. The van der Waals surface area contributed by atoms with E-state index in [1.807, 2.05) is 60.7 Å². The smallest absolute Gasteiger partial charge is 0.405 e.